The van der Waals surface area contributed by atoms with Crippen molar-refractivity contribution in [1.29, 1.82) is 0 Å². The van der Waals surface area contributed by atoms with Crippen LogP contribution in [-0.4, -0.2) is 42.1 Å². The van der Waals surface area contributed by atoms with Crippen molar-refractivity contribution >= 4 is 5.97 Å². The van der Waals surface area contributed by atoms with Gasteiger partial charge in [0.25, 0.3) is 0 Å². The summed E-state index contributed by atoms with van der Waals surface area (Å²) >= 11 is 0. The third-order valence-electron chi connectivity index (χ3n) is 3.76. The van der Waals surface area contributed by atoms with E-state index in [1.54, 1.807) is 0 Å². The number of ether oxygens (including phenoxy) is 1. The SMILES string of the molecule is CC(=O)OC1CCN([C@H]2CCCC[C@H]2N)C1. The Morgan fingerprint density at radius 1 is 1.31 bits per heavy atom. The number of hydrogen-bond donors (Lipinski definition) is 1. The van der Waals surface area contributed by atoms with Gasteiger partial charge in [0, 0.05) is 32.1 Å². The van der Waals surface area contributed by atoms with Crippen LogP contribution in [0.15, 0.2) is 0 Å². The van der Waals surface area contributed by atoms with Crippen molar-refractivity contribution in [3.8, 4) is 0 Å². The average molecular weight is 226 g/mol. The van der Waals surface area contributed by atoms with Crippen LogP contribution in [0.2, 0.25) is 0 Å². The van der Waals surface area contributed by atoms with Crippen LogP contribution in [0.5, 0.6) is 0 Å². The van der Waals surface area contributed by atoms with E-state index < -0.39 is 0 Å². The molecule has 1 saturated heterocycles. The Bertz CT molecular complexity index is 257. The minimum Gasteiger partial charge on any atom is -0.461 e. The first-order valence-corrected chi connectivity index (χ1v) is 6.33. The fourth-order valence-electron chi connectivity index (χ4n) is 2.98. The number of carbonyl (C=O) groups excluding carboxylic acids is 1. The minimum absolute atomic E-state index is 0.0895. The van der Waals surface area contributed by atoms with Gasteiger partial charge in [-0.2, -0.15) is 0 Å². The maximum absolute atomic E-state index is 10.9. The average Bonchev–Trinajstić information content (AvgIpc) is 2.66. The summed E-state index contributed by atoms with van der Waals surface area (Å²) in [6, 6.07) is 0.819. The van der Waals surface area contributed by atoms with Crippen LogP contribution in [0.4, 0.5) is 0 Å². The van der Waals surface area contributed by atoms with Gasteiger partial charge < -0.3 is 10.5 Å². The van der Waals surface area contributed by atoms with E-state index in [0.29, 0.717) is 12.1 Å². The van der Waals surface area contributed by atoms with E-state index in [1.165, 1.54) is 26.2 Å². The van der Waals surface area contributed by atoms with Crippen molar-refractivity contribution in [2.45, 2.75) is 57.2 Å². The molecule has 0 amide bonds. The molecule has 3 atom stereocenters. The summed E-state index contributed by atoms with van der Waals surface area (Å²) in [6.45, 7) is 3.38. The summed E-state index contributed by atoms with van der Waals surface area (Å²) in [4.78, 5) is 13.3. The molecule has 1 aliphatic carbocycles. The van der Waals surface area contributed by atoms with Crippen molar-refractivity contribution in [3.63, 3.8) is 0 Å². The first kappa shape index (κ1) is 11.9. The summed E-state index contributed by atoms with van der Waals surface area (Å²) in [6.07, 6.45) is 5.94. The second-order valence-corrected chi connectivity index (χ2v) is 5.03. The fourth-order valence-corrected chi connectivity index (χ4v) is 2.98. The first-order valence-electron chi connectivity index (χ1n) is 6.33. The van der Waals surface area contributed by atoms with Gasteiger partial charge in [-0.1, -0.05) is 12.8 Å². The highest BCUT2D eigenvalue weighted by atomic mass is 16.5. The summed E-state index contributed by atoms with van der Waals surface area (Å²) in [5.74, 6) is -0.167. The van der Waals surface area contributed by atoms with Gasteiger partial charge in [-0.25, -0.2) is 0 Å². The molecule has 1 unspecified atom stereocenters. The molecule has 2 aliphatic rings. The quantitative estimate of drug-likeness (QED) is 0.711. The molecule has 0 radical (unpaired) electrons. The van der Waals surface area contributed by atoms with Gasteiger partial charge in [-0.15, -0.1) is 0 Å². The highest BCUT2D eigenvalue weighted by molar-refractivity contribution is 5.66. The molecule has 1 aliphatic heterocycles. The number of hydrogen-bond acceptors (Lipinski definition) is 4. The Morgan fingerprint density at radius 2 is 2.06 bits per heavy atom. The second-order valence-electron chi connectivity index (χ2n) is 5.03. The largest absolute Gasteiger partial charge is 0.461 e. The van der Waals surface area contributed by atoms with Crippen molar-refractivity contribution in [2.75, 3.05) is 13.1 Å². The van der Waals surface area contributed by atoms with Crippen LogP contribution in [0, 0.1) is 0 Å². The number of likely N-dealkylation sites (tertiary alicyclic amines) is 1. The van der Waals surface area contributed by atoms with Crippen LogP contribution in [-0.2, 0) is 9.53 Å². The normalized spacial score (nSPS) is 36.2. The lowest BCUT2D eigenvalue weighted by Crippen LogP contribution is -2.49. The van der Waals surface area contributed by atoms with Crippen LogP contribution >= 0.6 is 0 Å². The molecule has 0 aromatic rings. The van der Waals surface area contributed by atoms with Gasteiger partial charge in [0.2, 0.25) is 0 Å². The highest BCUT2D eigenvalue weighted by Crippen LogP contribution is 2.25. The van der Waals surface area contributed by atoms with Gasteiger partial charge in [0.05, 0.1) is 0 Å². The summed E-state index contributed by atoms with van der Waals surface area (Å²) < 4.78 is 5.25. The molecule has 0 bridgehead atoms. The zero-order valence-corrected chi connectivity index (χ0v) is 10.0. The zero-order valence-electron chi connectivity index (χ0n) is 10.0. The monoisotopic (exact) mass is 226 g/mol. The molecule has 2 rings (SSSR count). The Morgan fingerprint density at radius 3 is 2.75 bits per heavy atom. The highest BCUT2D eigenvalue weighted by Gasteiger charge is 2.33. The smallest absolute Gasteiger partial charge is 0.302 e. The number of nitrogens with zero attached hydrogens (tertiary/aromatic N) is 1. The Balaban J connectivity index is 1.85. The standard InChI is InChI=1S/C12H22N2O2/c1-9(15)16-10-6-7-14(8-10)12-5-3-2-4-11(12)13/h10-12H,2-8,13H2,1H3/t10?,11-,12+/m1/s1. The van der Waals surface area contributed by atoms with Crippen LogP contribution in [0.25, 0.3) is 0 Å². The molecule has 1 heterocycles. The number of carbonyl (C=O) groups is 1. The molecular weight excluding hydrogens is 204 g/mol. The molecule has 0 spiro atoms. The molecule has 16 heavy (non-hydrogen) atoms. The predicted molar refractivity (Wildman–Crippen MR) is 62.0 cm³/mol. The van der Waals surface area contributed by atoms with Crippen molar-refractivity contribution < 1.29 is 9.53 Å². The lowest BCUT2D eigenvalue weighted by atomic mass is 9.90. The van der Waals surface area contributed by atoms with Gasteiger partial charge in [0.1, 0.15) is 6.10 Å². The van der Waals surface area contributed by atoms with E-state index in [4.69, 9.17) is 10.5 Å². The third kappa shape index (κ3) is 2.74. The van der Waals surface area contributed by atoms with Crippen LogP contribution in [0.3, 0.4) is 0 Å². The minimum atomic E-state index is -0.167. The fraction of sp³-hybridized carbons (Fsp3) is 0.917. The number of esters is 1. The Kier molecular flexibility index (Phi) is 3.82. The molecule has 0 aromatic heterocycles. The van der Waals surface area contributed by atoms with E-state index in [-0.39, 0.29) is 12.1 Å². The van der Waals surface area contributed by atoms with E-state index >= 15 is 0 Å². The molecular formula is C12H22N2O2. The van der Waals surface area contributed by atoms with Gasteiger partial charge >= 0.3 is 5.97 Å². The van der Waals surface area contributed by atoms with Crippen molar-refractivity contribution in [3.05, 3.63) is 0 Å². The van der Waals surface area contributed by atoms with Crippen LogP contribution in [0.1, 0.15) is 39.0 Å². The van der Waals surface area contributed by atoms with E-state index in [0.717, 1.165) is 25.9 Å². The van der Waals surface area contributed by atoms with E-state index in [1.807, 2.05) is 0 Å². The molecule has 2 fully saturated rings. The summed E-state index contributed by atoms with van der Waals surface area (Å²) in [7, 11) is 0. The van der Waals surface area contributed by atoms with Gasteiger partial charge in [-0.3, -0.25) is 9.69 Å². The second kappa shape index (κ2) is 5.15. The molecule has 0 aromatic carbocycles. The molecule has 2 N–H and O–H groups in total. The topological polar surface area (TPSA) is 55.6 Å². The number of nitrogens with two attached hydrogens (primary N) is 1. The maximum Gasteiger partial charge on any atom is 0.302 e. The molecule has 4 nitrogen and oxygen atoms in total. The van der Waals surface area contributed by atoms with Gasteiger partial charge in [-0.05, 0) is 19.3 Å². The lowest BCUT2D eigenvalue weighted by Gasteiger charge is -2.35. The molecule has 92 valence electrons. The zero-order chi connectivity index (χ0) is 11.5. The molecule has 4 heteroatoms. The predicted octanol–water partition coefficient (Wildman–Crippen LogP) is 0.894. The summed E-state index contributed by atoms with van der Waals surface area (Å²) in [5.41, 5.74) is 6.16. The number of rotatable bonds is 2. The Labute approximate surface area is 97.1 Å². The van der Waals surface area contributed by atoms with Crippen molar-refractivity contribution in [1.82, 2.24) is 4.90 Å². The van der Waals surface area contributed by atoms with Gasteiger partial charge in [0.15, 0.2) is 0 Å². The Hall–Kier alpha value is -0.610. The van der Waals surface area contributed by atoms with E-state index in [2.05, 4.69) is 4.90 Å². The molecule has 1 saturated carbocycles. The first-order chi connectivity index (χ1) is 7.66. The van der Waals surface area contributed by atoms with Crippen molar-refractivity contribution in [2.24, 2.45) is 5.73 Å². The lowest BCUT2D eigenvalue weighted by molar-refractivity contribution is -0.145. The third-order valence-corrected chi connectivity index (χ3v) is 3.76. The maximum atomic E-state index is 10.9. The summed E-state index contributed by atoms with van der Waals surface area (Å²) in [5, 5.41) is 0. The van der Waals surface area contributed by atoms with E-state index in [9.17, 15) is 4.79 Å². The van der Waals surface area contributed by atoms with Crippen LogP contribution < -0.4 is 5.73 Å².